The van der Waals surface area contributed by atoms with E-state index in [1.165, 1.54) is 11.1 Å². The number of rotatable bonds is 3. The highest BCUT2D eigenvalue weighted by Crippen LogP contribution is 2.62. The molecule has 0 saturated heterocycles. The second kappa shape index (κ2) is 11.7. The minimum Gasteiger partial charge on any atom is -0.457 e. The summed E-state index contributed by atoms with van der Waals surface area (Å²) in [5.74, 6) is 6.14. The zero-order valence-corrected chi connectivity index (χ0v) is 28.9. The van der Waals surface area contributed by atoms with Crippen molar-refractivity contribution in [3.63, 3.8) is 0 Å². The van der Waals surface area contributed by atoms with E-state index in [9.17, 15) is 0 Å². The highest BCUT2D eigenvalue weighted by atomic mass is 16.5. The molecule has 0 fully saturated rings. The molecule has 0 radical (unpaired) electrons. The first-order valence-corrected chi connectivity index (χ1v) is 18.3. The highest BCUT2D eigenvalue weighted by Gasteiger charge is 2.51. The molecule has 6 aromatic rings. The number of allylic oxidation sites excluding steroid dienone is 6. The fourth-order valence-corrected chi connectivity index (χ4v) is 8.94. The largest absolute Gasteiger partial charge is 0.457 e. The predicted octanol–water partition coefficient (Wildman–Crippen LogP) is 11.7. The number of para-hydroxylation sites is 2. The summed E-state index contributed by atoms with van der Waals surface area (Å²) in [6.45, 7) is 0. The predicted molar refractivity (Wildman–Crippen MR) is 208 cm³/mol. The van der Waals surface area contributed by atoms with Gasteiger partial charge in [0.1, 0.15) is 28.8 Å². The van der Waals surface area contributed by atoms with Crippen LogP contribution in [0.1, 0.15) is 47.4 Å². The van der Waals surface area contributed by atoms with Gasteiger partial charge in [-0.15, -0.1) is 0 Å². The number of pyridine rings is 1. The van der Waals surface area contributed by atoms with Crippen LogP contribution >= 0.6 is 0 Å². The molecular weight excluding hydrogens is 653 g/mol. The number of aromatic nitrogens is 1. The van der Waals surface area contributed by atoms with Crippen LogP contribution in [0.5, 0.6) is 23.0 Å². The Balaban J connectivity index is 1.04. The van der Waals surface area contributed by atoms with Crippen molar-refractivity contribution in [3.8, 4) is 34.1 Å². The van der Waals surface area contributed by atoms with Gasteiger partial charge in [0.15, 0.2) is 11.6 Å². The number of nitrogens with zero attached hydrogens (tertiary/aromatic N) is 2. The Morgan fingerprint density at radius 3 is 2.26 bits per heavy atom. The van der Waals surface area contributed by atoms with Crippen LogP contribution in [0, 0.1) is 0 Å². The van der Waals surface area contributed by atoms with Crippen molar-refractivity contribution in [2.75, 3.05) is 4.90 Å². The molecule has 2 unspecified atom stereocenters. The van der Waals surface area contributed by atoms with Gasteiger partial charge < -0.3 is 14.2 Å². The number of fused-ring (bicyclic) bond motifs is 8. The van der Waals surface area contributed by atoms with Gasteiger partial charge in [-0.1, -0.05) is 103 Å². The molecule has 254 valence electrons. The van der Waals surface area contributed by atoms with Gasteiger partial charge >= 0.3 is 0 Å². The lowest BCUT2D eigenvalue weighted by Gasteiger charge is -2.46. The van der Waals surface area contributed by atoms with Gasteiger partial charge in [0, 0.05) is 40.9 Å². The van der Waals surface area contributed by atoms with E-state index in [2.05, 4.69) is 144 Å². The summed E-state index contributed by atoms with van der Waals surface area (Å²) in [6.07, 6.45) is 13.3. The van der Waals surface area contributed by atoms with Crippen molar-refractivity contribution in [2.24, 2.45) is 0 Å². The summed E-state index contributed by atoms with van der Waals surface area (Å²) in [5, 5.41) is 0. The van der Waals surface area contributed by atoms with E-state index in [0.717, 1.165) is 92.4 Å². The second-order valence-corrected chi connectivity index (χ2v) is 14.1. The molecule has 1 aromatic heterocycles. The molecule has 0 amide bonds. The van der Waals surface area contributed by atoms with E-state index in [-0.39, 0.29) is 5.92 Å². The van der Waals surface area contributed by atoms with E-state index in [4.69, 9.17) is 19.2 Å². The third-order valence-electron chi connectivity index (χ3n) is 11.3. The first kappa shape index (κ1) is 30.1. The summed E-state index contributed by atoms with van der Waals surface area (Å²) >= 11 is 0. The van der Waals surface area contributed by atoms with Crippen molar-refractivity contribution >= 4 is 11.5 Å². The second-order valence-electron chi connectivity index (χ2n) is 14.1. The quantitative estimate of drug-likeness (QED) is 0.185. The van der Waals surface area contributed by atoms with Gasteiger partial charge in [-0.2, -0.15) is 0 Å². The Hall–Kier alpha value is -6.59. The van der Waals surface area contributed by atoms with Crippen LogP contribution in [0.4, 0.5) is 11.5 Å². The van der Waals surface area contributed by atoms with Gasteiger partial charge in [-0.05, 0) is 89.7 Å². The van der Waals surface area contributed by atoms with Crippen molar-refractivity contribution in [1.82, 2.24) is 4.98 Å². The minimum absolute atomic E-state index is 0.0920. The van der Waals surface area contributed by atoms with E-state index >= 15 is 0 Å². The van der Waals surface area contributed by atoms with Crippen LogP contribution in [0.15, 0.2) is 187 Å². The molecule has 4 heterocycles. The molecular formula is C48H34N2O3. The van der Waals surface area contributed by atoms with Crippen molar-refractivity contribution in [1.29, 1.82) is 0 Å². The van der Waals surface area contributed by atoms with Crippen LogP contribution in [-0.2, 0) is 5.41 Å². The van der Waals surface area contributed by atoms with Crippen LogP contribution in [0.25, 0.3) is 11.1 Å². The monoisotopic (exact) mass is 686 g/mol. The molecule has 2 aliphatic carbocycles. The van der Waals surface area contributed by atoms with Gasteiger partial charge in [-0.25, -0.2) is 4.98 Å². The maximum Gasteiger partial charge on any atom is 0.181 e. The van der Waals surface area contributed by atoms with Crippen molar-refractivity contribution < 1.29 is 14.2 Å². The normalized spacial score (nSPS) is 20.2. The highest BCUT2D eigenvalue weighted by molar-refractivity contribution is 5.77. The standard InChI is InChI=1S/C48H34N2O3/c1-3-12-31(13-4-1)32-21-24-38-44(28-32)51-41-18-9-7-16-36(41)48(38)37-17-8-10-19-42(37)52-45-29-33(22-25-39(45)48)34-23-26-40-46(30-34)53-43-20-11-27-49-47(43)50(40)35-14-5-2-6-15-35/h1-6,8-15,17-29,34H,7,16,30H2. The maximum absolute atomic E-state index is 6.89. The number of hydrogen-bond acceptors (Lipinski definition) is 5. The molecule has 1 spiro atoms. The third kappa shape index (κ3) is 4.53. The molecule has 0 N–H and O–H groups in total. The Labute approximate surface area is 308 Å². The minimum atomic E-state index is -0.566. The number of benzene rings is 5. The summed E-state index contributed by atoms with van der Waals surface area (Å²) < 4.78 is 20.3. The van der Waals surface area contributed by atoms with E-state index in [1.807, 2.05) is 24.4 Å². The summed E-state index contributed by atoms with van der Waals surface area (Å²) in [5.41, 5.74) is 9.69. The average molecular weight is 687 g/mol. The molecule has 53 heavy (non-hydrogen) atoms. The molecule has 5 aromatic carbocycles. The van der Waals surface area contributed by atoms with E-state index < -0.39 is 5.41 Å². The van der Waals surface area contributed by atoms with Crippen molar-refractivity contribution in [2.45, 2.75) is 30.6 Å². The molecule has 11 rings (SSSR count). The topological polar surface area (TPSA) is 43.8 Å². The number of anilines is 2. The van der Waals surface area contributed by atoms with Gasteiger partial charge in [-0.3, -0.25) is 4.90 Å². The molecule has 3 aliphatic heterocycles. The SMILES string of the molecule is C1=CC2=C(CC1)C1(c3ccc(-c4ccccc4)cc3O2)c2ccccc2Oc2cc(C3C=CC4=C(C3)Oc3cccnc3N4c3ccccc3)ccc21. The zero-order valence-electron chi connectivity index (χ0n) is 28.9. The lowest BCUT2D eigenvalue weighted by Crippen LogP contribution is -2.39. The third-order valence-corrected chi connectivity index (χ3v) is 11.3. The Bertz CT molecular complexity index is 2590. The zero-order chi connectivity index (χ0) is 34.9. The molecule has 2 atom stereocenters. The summed E-state index contributed by atoms with van der Waals surface area (Å²) in [4.78, 5) is 6.92. The smallest absolute Gasteiger partial charge is 0.181 e. The lowest BCUT2D eigenvalue weighted by atomic mass is 9.60. The fraction of sp³-hybridized carbons (Fsp3) is 0.104. The van der Waals surface area contributed by atoms with E-state index in [0.29, 0.717) is 6.42 Å². The van der Waals surface area contributed by atoms with Gasteiger partial charge in [0.05, 0.1) is 11.1 Å². The Kier molecular flexibility index (Phi) is 6.65. The van der Waals surface area contributed by atoms with Crippen molar-refractivity contribution in [3.05, 3.63) is 209 Å². The molecule has 0 bridgehead atoms. The molecule has 5 aliphatic rings. The number of ether oxygens (including phenoxy) is 3. The van der Waals surface area contributed by atoms with Crippen LogP contribution in [0.3, 0.4) is 0 Å². The molecule has 5 nitrogen and oxygen atoms in total. The van der Waals surface area contributed by atoms with Crippen LogP contribution in [-0.4, -0.2) is 4.98 Å². The molecule has 0 saturated carbocycles. The van der Waals surface area contributed by atoms with Gasteiger partial charge in [0.2, 0.25) is 0 Å². The van der Waals surface area contributed by atoms with Gasteiger partial charge in [0.25, 0.3) is 0 Å². The fourth-order valence-electron chi connectivity index (χ4n) is 8.94. The maximum atomic E-state index is 6.89. The Morgan fingerprint density at radius 2 is 1.38 bits per heavy atom. The summed E-state index contributed by atoms with van der Waals surface area (Å²) in [6, 6.07) is 46.9. The van der Waals surface area contributed by atoms with Crippen LogP contribution in [0.2, 0.25) is 0 Å². The molecule has 5 heteroatoms. The van der Waals surface area contributed by atoms with E-state index in [1.54, 1.807) is 0 Å². The first-order valence-electron chi connectivity index (χ1n) is 18.3. The summed E-state index contributed by atoms with van der Waals surface area (Å²) in [7, 11) is 0. The first-order chi connectivity index (χ1) is 26.3. The lowest BCUT2D eigenvalue weighted by molar-refractivity contribution is 0.366. The average Bonchev–Trinajstić information content (AvgIpc) is 3.22. The van der Waals surface area contributed by atoms with Crippen LogP contribution < -0.4 is 19.1 Å². The number of hydrogen-bond donors (Lipinski definition) is 0. The Morgan fingerprint density at radius 1 is 0.623 bits per heavy atom.